The lowest BCUT2D eigenvalue weighted by molar-refractivity contribution is -0.154. The quantitative estimate of drug-likeness (QED) is 0.508. The largest absolute Gasteiger partial charge is 0.465 e. The van der Waals surface area contributed by atoms with E-state index in [0.717, 1.165) is 48.6 Å². The molecular weight excluding hydrogens is 446 g/mol. The molecule has 5 nitrogen and oxygen atoms in total. The second kappa shape index (κ2) is 9.71. The average Bonchev–Trinajstić information content (AvgIpc) is 2.71. The van der Waals surface area contributed by atoms with E-state index < -0.39 is 11.0 Å². The average molecular weight is 480 g/mol. The minimum absolute atomic E-state index is 0.0881. The first-order chi connectivity index (χ1) is 14.2. The predicted octanol–water partition coefficient (Wildman–Crippen LogP) is 5.84. The molecular formula is C24H34BrNO4. The van der Waals surface area contributed by atoms with Crippen LogP contribution < -0.4 is 0 Å². The first-order valence-electron chi connectivity index (χ1n) is 11.1. The Morgan fingerprint density at radius 1 is 1.13 bits per heavy atom. The van der Waals surface area contributed by atoms with Crippen molar-refractivity contribution in [3.05, 3.63) is 34.3 Å². The summed E-state index contributed by atoms with van der Waals surface area (Å²) in [6.45, 7) is 7.36. The fourth-order valence-electron chi connectivity index (χ4n) is 4.49. The zero-order chi connectivity index (χ0) is 21.8. The van der Waals surface area contributed by atoms with E-state index in [-0.39, 0.29) is 18.0 Å². The summed E-state index contributed by atoms with van der Waals surface area (Å²) in [5.41, 5.74) is 0.0463. The molecule has 30 heavy (non-hydrogen) atoms. The zero-order valence-corrected chi connectivity index (χ0v) is 20.0. The van der Waals surface area contributed by atoms with Gasteiger partial charge in [-0.25, -0.2) is 4.79 Å². The molecule has 3 rings (SSSR count). The van der Waals surface area contributed by atoms with Crippen LogP contribution in [0.1, 0.15) is 71.3 Å². The topological polar surface area (TPSA) is 55.8 Å². The summed E-state index contributed by atoms with van der Waals surface area (Å²) >= 11 is 3.54. The minimum Gasteiger partial charge on any atom is -0.465 e. The van der Waals surface area contributed by atoms with Crippen LogP contribution in [0.5, 0.6) is 0 Å². The molecule has 1 saturated heterocycles. The second-order valence-electron chi connectivity index (χ2n) is 9.66. The number of esters is 1. The highest BCUT2D eigenvalue weighted by Crippen LogP contribution is 2.41. The van der Waals surface area contributed by atoms with E-state index in [4.69, 9.17) is 9.47 Å². The number of benzene rings is 1. The van der Waals surface area contributed by atoms with Gasteiger partial charge < -0.3 is 14.4 Å². The van der Waals surface area contributed by atoms with Crippen molar-refractivity contribution >= 4 is 28.0 Å². The zero-order valence-electron chi connectivity index (χ0n) is 18.4. The summed E-state index contributed by atoms with van der Waals surface area (Å²) in [5.74, 6) is 0.200. The molecule has 0 spiro atoms. The first-order valence-corrected chi connectivity index (χ1v) is 11.9. The van der Waals surface area contributed by atoms with Crippen molar-refractivity contribution in [1.29, 1.82) is 0 Å². The number of ether oxygens (including phenoxy) is 2. The lowest BCUT2D eigenvalue weighted by Gasteiger charge is -2.37. The summed E-state index contributed by atoms with van der Waals surface area (Å²) in [6, 6.07) is 8.10. The number of amides is 1. The molecule has 2 aliphatic rings. The van der Waals surface area contributed by atoms with Crippen LogP contribution in [0.3, 0.4) is 0 Å². The van der Waals surface area contributed by atoms with Crippen molar-refractivity contribution in [3.8, 4) is 0 Å². The monoisotopic (exact) mass is 479 g/mol. The normalized spacial score (nSPS) is 19.9. The Morgan fingerprint density at radius 2 is 1.80 bits per heavy atom. The Bertz CT molecular complexity index is 744. The number of halogens is 1. The first kappa shape index (κ1) is 23.1. The van der Waals surface area contributed by atoms with Crippen molar-refractivity contribution in [2.75, 3.05) is 19.7 Å². The number of piperidine rings is 1. The van der Waals surface area contributed by atoms with E-state index in [1.54, 1.807) is 4.90 Å². The van der Waals surface area contributed by atoms with E-state index in [1.807, 2.05) is 32.9 Å². The molecule has 1 aliphatic heterocycles. The number of hydrogen-bond acceptors (Lipinski definition) is 4. The van der Waals surface area contributed by atoms with E-state index in [2.05, 4.69) is 28.1 Å². The van der Waals surface area contributed by atoms with Crippen LogP contribution in [0.25, 0.3) is 0 Å². The highest BCUT2D eigenvalue weighted by molar-refractivity contribution is 9.10. The molecule has 0 unspecified atom stereocenters. The van der Waals surface area contributed by atoms with E-state index in [1.165, 1.54) is 6.42 Å². The smallest absolute Gasteiger partial charge is 0.410 e. The van der Waals surface area contributed by atoms with Crippen molar-refractivity contribution in [2.45, 2.75) is 76.7 Å². The molecule has 1 heterocycles. The standard InChI is InChI=1S/C24H34BrNO4/c1-23(2,3)30-22(28)26-14-10-18(11-15-26)17-29-21(27)24(12-5-4-6-13-24)19-8-7-9-20(25)16-19/h7-9,16,18H,4-6,10-15,17H2,1-3H3. The third kappa shape index (κ3) is 5.77. The molecule has 0 N–H and O–H groups in total. The molecule has 166 valence electrons. The molecule has 0 aromatic heterocycles. The van der Waals surface area contributed by atoms with Crippen LogP contribution in [0.15, 0.2) is 28.7 Å². The Hall–Kier alpha value is -1.56. The Morgan fingerprint density at radius 3 is 2.40 bits per heavy atom. The number of nitrogens with zero attached hydrogens (tertiary/aromatic N) is 1. The predicted molar refractivity (Wildman–Crippen MR) is 120 cm³/mol. The van der Waals surface area contributed by atoms with Gasteiger partial charge in [0.1, 0.15) is 5.60 Å². The Labute approximate surface area is 188 Å². The van der Waals surface area contributed by atoms with Crippen molar-refractivity contribution in [1.82, 2.24) is 4.90 Å². The third-order valence-corrected chi connectivity index (χ3v) is 6.68. The summed E-state index contributed by atoms with van der Waals surface area (Å²) in [4.78, 5) is 27.3. The van der Waals surface area contributed by atoms with Crippen molar-refractivity contribution in [3.63, 3.8) is 0 Å². The lowest BCUT2D eigenvalue weighted by Crippen LogP contribution is -2.43. The molecule has 1 aliphatic carbocycles. The van der Waals surface area contributed by atoms with Gasteiger partial charge in [0.2, 0.25) is 0 Å². The second-order valence-corrected chi connectivity index (χ2v) is 10.6. The Balaban J connectivity index is 1.56. The molecule has 1 aromatic rings. The molecule has 0 atom stereocenters. The third-order valence-electron chi connectivity index (χ3n) is 6.19. The summed E-state index contributed by atoms with van der Waals surface area (Å²) in [6.07, 6.45) is 6.37. The number of carbonyl (C=O) groups is 2. The van der Waals surface area contributed by atoms with Gasteiger partial charge in [0.05, 0.1) is 12.0 Å². The lowest BCUT2D eigenvalue weighted by atomic mass is 9.69. The van der Waals surface area contributed by atoms with E-state index in [0.29, 0.717) is 19.7 Å². The van der Waals surface area contributed by atoms with Gasteiger partial charge in [0, 0.05) is 17.6 Å². The van der Waals surface area contributed by atoms with Crippen LogP contribution in [0.2, 0.25) is 0 Å². The van der Waals surface area contributed by atoms with Gasteiger partial charge in [-0.2, -0.15) is 0 Å². The van der Waals surface area contributed by atoms with Gasteiger partial charge in [0.15, 0.2) is 0 Å². The highest BCUT2D eigenvalue weighted by Gasteiger charge is 2.43. The van der Waals surface area contributed by atoms with Crippen molar-refractivity contribution < 1.29 is 19.1 Å². The van der Waals surface area contributed by atoms with Crippen LogP contribution in [0, 0.1) is 5.92 Å². The van der Waals surface area contributed by atoms with Gasteiger partial charge >= 0.3 is 12.1 Å². The summed E-state index contributed by atoms with van der Waals surface area (Å²) < 4.78 is 12.4. The van der Waals surface area contributed by atoms with Gasteiger partial charge in [0.25, 0.3) is 0 Å². The number of hydrogen-bond donors (Lipinski definition) is 0. The fourth-order valence-corrected chi connectivity index (χ4v) is 4.89. The molecule has 1 saturated carbocycles. The van der Waals surface area contributed by atoms with Gasteiger partial charge in [-0.1, -0.05) is 47.3 Å². The van der Waals surface area contributed by atoms with E-state index >= 15 is 0 Å². The van der Waals surface area contributed by atoms with Crippen LogP contribution >= 0.6 is 15.9 Å². The summed E-state index contributed by atoms with van der Waals surface area (Å²) in [7, 11) is 0. The van der Waals surface area contributed by atoms with Crippen LogP contribution in [-0.2, 0) is 19.7 Å². The maximum Gasteiger partial charge on any atom is 0.410 e. The number of likely N-dealkylation sites (tertiary alicyclic amines) is 1. The van der Waals surface area contributed by atoms with Crippen LogP contribution in [0.4, 0.5) is 4.79 Å². The highest BCUT2D eigenvalue weighted by atomic mass is 79.9. The SMILES string of the molecule is CC(C)(C)OC(=O)N1CCC(COC(=O)C2(c3cccc(Br)c3)CCCCC2)CC1. The molecule has 1 amide bonds. The van der Waals surface area contributed by atoms with Gasteiger partial charge in [-0.05, 0) is 70.1 Å². The maximum atomic E-state index is 13.3. The summed E-state index contributed by atoms with van der Waals surface area (Å²) in [5, 5.41) is 0. The Kier molecular flexibility index (Phi) is 7.48. The van der Waals surface area contributed by atoms with Crippen LogP contribution in [-0.4, -0.2) is 42.3 Å². The van der Waals surface area contributed by atoms with Gasteiger partial charge in [-0.3, -0.25) is 4.79 Å². The molecule has 1 aromatic carbocycles. The molecule has 0 bridgehead atoms. The fraction of sp³-hybridized carbons (Fsp3) is 0.667. The van der Waals surface area contributed by atoms with Gasteiger partial charge in [-0.15, -0.1) is 0 Å². The van der Waals surface area contributed by atoms with Crippen molar-refractivity contribution in [2.24, 2.45) is 5.92 Å². The number of carbonyl (C=O) groups excluding carboxylic acids is 2. The minimum atomic E-state index is -0.529. The molecule has 2 fully saturated rings. The number of rotatable bonds is 4. The maximum absolute atomic E-state index is 13.3. The molecule has 6 heteroatoms. The molecule has 0 radical (unpaired) electrons. The van der Waals surface area contributed by atoms with E-state index in [9.17, 15) is 9.59 Å².